The molecule has 4 aromatic rings. The van der Waals surface area contributed by atoms with E-state index < -0.39 is 60.0 Å². The molecule has 12 nitrogen and oxygen atoms in total. The summed E-state index contributed by atoms with van der Waals surface area (Å²) in [5, 5.41) is 17.5. The molecule has 6 unspecified atom stereocenters. The van der Waals surface area contributed by atoms with Crippen molar-refractivity contribution < 1.29 is 38.6 Å². The van der Waals surface area contributed by atoms with Crippen LogP contribution in [-0.4, -0.2) is 76.6 Å². The summed E-state index contributed by atoms with van der Waals surface area (Å²) in [5.41, 5.74) is 5.47. The lowest BCUT2D eigenvalue weighted by Crippen LogP contribution is -2.54. The van der Waals surface area contributed by atoms with Gasteiger partial charge >= 0.3 is 18.0 Å². The number of benzene rings is 3. The molecule has 1 aliphatic rings. The number of aromatic nitrogens is 1. The number of thiazole rings is 1. The molecule has 326 valence electrons. The normalized spacial score (nSPS) is 15.1. The summed E-state index contributed by atoms with van der Waals surface area (Å²) in [5.74, 6) is -3.82. The maximum Gasteiger partial charge on any atom is 0.407 e. The molecule has 0 radical (unpaired) electrons. The third-order valence-electron chi connectivity index (χ3n) is 11.6. The van der Waals surface area contributed by atoms with E-state index in [-0.39, 0.29) is 48.8 Å². The van der Waals surface area contributed by atoms with Gasteiger partial charge in [0.25, 0.3) is 5.91 Å². The van der Waals surface area contributed by atoms with Crippen molar-refractivity contribution in [2.24, 2.45) is 23.7 Å². The van der Waals surface area contributed by atoms with Crippen LogP contribution in [0.5, 0.6) is 0 Å². The van der Waals surface area contributed by atoms with Crippen molar-refractivity contribution in [1.82, 2.24) is 20.5 Å². The Morgan fingerprint density at radius 1 is 0.836 bits per heavy atom. The first-order valence-electron chi connectivity index (χ1n) is 21.2. The van der Waals surface area contributed by atoms with E-state index in [2.05, 4.69) is 39.9 Å². The van der Waals surface area contributed by atoms with Crippen LogP contribution in [0.25, 0.3) is 11.1 Å². The van der Waals surface area contributed by atoms with Crippen LogP contribution in [0, 0.1) is 23.7 Å². The van der Waals surface area contributed by atoms with Crippen LogP contribution in [-0.2, 0) is 30.3 Å². The van der Waals surface area contributed by atoms with Gasteiger partial charge in [-0.2, -0.15) is 0 Å². The van der Waals surface area contributed by atoms with Crippen molar-refractivity contribution in [1.29, 1.82) is 0 Å². The van der Waals surface area contributed by atoms with E-state index in [9.17, 15) is 29.1 Å². The first kappa shape index (κ1) is 46.5. The Hall–Kier alpha value is -5.56. The van der Waals surface area contributed by atoms with Gasteiger partial charge in [0.1, 0.15) is 23.4 Å². The number of amides is 3. The van der Waals surface area contributed by atoms with Crippen molar-refractivity contribution >= 4 is 41.2 Å². The van der Waals surface area contributed by atoms with Crippen LogP contribution >= 0.6 is 11.3 Å². The average Bonchev–Trinajstić information content (AvgIpc) is 3.86. The van der Waals surface area contributed by atoms with E-state index in [0.717, 1.165) is 27.8 Å². The minimum atomic E-state index is -0.954. The number of aliphatic carboxylic acids is 1. The second-order valence-electron chi connectivity index (χ2n) is 16.8. The standard InChI is InChI=1S/C48H60N4O8S/c1-9-30(6)42(51-48(58)59-26-38-36-21-15-13-19-34(36)35-20-14-16-22-37(35)38)45(54)52(8)40(28(2)3)25-41(60-47(57)29(4)5)44-50-39(27-61-44)43(53)49-33(23-31(7)46(55)56)24-32-17-11-10-12-18-32/h10-22,27-31,33,38,40-42H,9,23-26H2,1-8H3,(H,49,53)(H,51,58)(H,55,56). The van der Waals surface area contributed by atoms with Gasteiger partial charge in [-0.3, -0.25) is 19.2 Å². The molecule has 3 amide bonds. The molecule has 5 rings (SSSR count). The van der Waals surface area contributed by atoms with Crippen molar-refractivity contribution in [2.45, 2.75) is 104 Å². The Balaban J connectivity index is 1.31. The minimum absolute atomic E-state index is 0.109. The van der Waals surface area contributed by atoms with E-state index in [4.69, 9.17) is 9.47 Å². The SMILES string of the molecule is CCC(C)C(NC(=O)OCC1c2ccccc2-c2ccccc21)C(=O)N(C)C(CC(OC(=O)C(C)C)c1nc(C(=O)NC(Cc2ccccc2)CC(C)C(=O)O)cs1)C(C)C. The fraction of sp³-hybridized carbons (Fsp3) is 0.458. The molecule has 0 spiro atoms. The number of esters is 1. The number of hydrogen-bond acceptors (Lipinski definition) is 9. The minimum Gasteiger partial charge on any atom is -0.481 e. The van der Waals surface area contributed by atoms with Crippen molar-refractivity contribution in [3.63, 3.8) is 0 Å². The number of carboxylic acids is 1. The zero-order chi connectivity index (χ0) is 44.4. The number of carbonyl (C=O) groups excluding carboxylic acids is 4. The molecule has 61 heavy (non-hydrogen) atoms. The smallest absolute Gasteiger partial charge is 0.407 e. The molecule has 0 fully saturated rings. The second kappa shape index (κ2) is 21.3. The zero-order valence-corrected chi connectivity index (χ0v) is 37.2. The third kappa shape index (κ3) is 11.8. The number of nitrogens with zero attached hydrogens (tertiary/aromatic N) is 2. The highest BCUT2D eigenvalue weighted by Gasteiger charge is 2.37. The van der Waals surface area contributed by atoms with Crippen molar-refractivity contribution in [2.75, 3.05) is 13.7 Å². The van der Waals surface area contributed by atoms with E-state index in [1.54, 1.807) is 38.1 Å². The average molecular weight is 853 g/mol. The van der Waals surface area contributed by atoms with Crippen LogP contribution < -0.4 is 10.6 Å². The number of ether oxygens (including phenoxy) is 2. The summed E-state index contributed by atoms with van der Waals surface area (Å²) >= 11 is 1.17. The second-order valence-corrected chi connectivity index (χ2v) is 17.7. The summed E-state index contributed by atoms with van der Waals surface area (Å²) in [7, 11) is 1.69. The fourth-order valence-corrected chi connectivity index (χ4v) is 8.66. The molecule has 13 heteroatoms. The van der Waals surface area contributed by atoms with Gasteiger partial charge < -0.3 is 30.1 Å². The van der Waals surface area contributed by atoms with E-state index in [1.165, 1.54) is 11.3 Å². The Kier molecular flexibility index (Phi) is 16.2. The molecule has 1 aromatic heterocycles. The van der Waals surface area contributed by atoms with E-state index in [1.807, 2.05) is 82.3 Å². The lowest BCUT2D eigenvalue weighted by atomic mass is 9.93. The van der Waals surface area contributed by atoms with Gasteiger partial charge in [-0.15, -0.1) is 11.3 Å². The maximum absolute atomic E-state index is 14.5. The molecule has 0 aliphatic heterocycles. The Bertz CT molecular complexity index is 2090. The Morgan fingerprint density at radius 2 is 1.44 bits per heavy atom. The highest BCUT2D eigenvalue weighted by atomic mass is 32.1. The summed E-state index contributed by atoms with van der Waals surface area (Å²) in [6.07, 6.45) is -0.145. The highest BCUT2D eigenvalue weighted by Crippen LogP contribution is 2.44. The number of nitrogens with one attached hydrogen (secondary N) is 2. The van der Waals surface area contributed by atoms with Gasteiger partial charge in [0.2, 0.25) is 5.91 Å². The largest absolute Gasteiger partial charge is 0.481 e. The van der Waals surface area contributed by atoms with Gasteiger partial charge in [-0.25, -0.2) is 9.78 Å². The van der Waals surface area contributed by atoms with Crippen LogP contribution in [0.4, 0.5) is 4.79 Å². The van der Waals surface area contributed by atoms with Crippen molar-refractivity contribution in [3.8, 4) is 11.1 Å². The molecule has 3 aromatic carbocycles. The van der Waals surface area contributed by atoms with E-state index in [0.29, 0.717) is 17.8 Å². The molecule has 0 bridgehead atoms. The zero-order valence-electron chi connectivity index (χ0n) is 36.4. The van der Waals surface area contributed by atoms with Gasteiger partial charge in [-0.05, 0) is 52.5 Å². The number of fused-ring (bicyclic) bond motifs is 3. The first-order valence-corrected chi connectivity index (χ1v) is 22.1. The first-order chi connectivity index (χ1) is 29.1. The molecule has 3 N–H and O–H groups in total. The van der Waals surface area contributed by atoms with Gasteiger partial charge in [0.15, 0.2) is 6.10 Å². The summed E-state index contributed by atoms with van der Waals surface area (Å²) < 4.78 is 11.9. The van der Waals surface area contributed by atoms with Crippen LogP contribution in [0.1, 0.15) is 112 Å². The number of carbonyl (C=O) groups is 5. The molecule has 6 atom stereocenters. The number of likely N-dealkylation sites (N-methyl/N-ethyl adjacent to an activating group) is 1. The highest BCUT2D eigenvalue weighted by molar-refractivity contribution is 7.09. The van der Waals surface area contributed by atoms with Gasteiger partial charge in [0, 0.05) is 36.9 Å². The summed E-state index contributed by atoms with van der Waals surface area (Å²) in [4.78, 5) is 72.7. The number of alkyl carbamates (subject to hydrolysis) is 1. The van der Waals surface area contributed by atoms with Gasteiger partial charge in [0.05, 0.1) is 11.8 Å². The van der Waals surface area contributed by atoms with E-state index >= 15 is 0 Å². The topological polar surface area (TPSA) is 164 Å². The fourth-order valence-electron chi connectivity index (χ4n) is 7.82. The number of hydrogen-bond donors (Lipinski definition) is 3. The molecule has 1 heterocycles. The maximum atomic E-state index is 14.5. The van der Waals surface area contributed by atoms with Crippen LogP contribution in [0.15, 0.2) is 84.2 Å². The Morgan fingerprint density at radius 3 is 2.02 bits per heavy atom. The van der Waals surface area contributed by atoms with Gasteiger partial charge in [-0.1, -0.05) is 134 Å². The quantitative estimate of drug-likeness (QED) is 0.0739. The predicted octanol–water partition coefficient (Wildman–Crippen LogP) is 8.66. The lowest BCUT2D eigenvalue weighted by Gasteiger charge is -2.37. The van der Waals surface area contributed by atoms with Crippen LogP contribution in [0.3, 0.4) is 0 Å². The number of rotatable bonds is 20. The Labute approximate surface area is 363 Å². The molecule has 0 saturated heterocycles. The monoisotopic (exact) mass is 852 g/mol. The van der Waals surface area contributed by atoms with Crippen LogP contribution in [0.2, 0.25) is 0 Å². The third-order valence-corrected chi connectivity index (χ3v) is 12.6. The molecule has 0 saturated carbocycles. The van der Waals surface area contributed by atoms with Crippen molar-refractivity contribution in [3.05, 3.63) is 112 Å². The molecule has 1 aliphatic carbocycles. The predicted molar refractivity (Wildman–Crippen MR) is 236 cm³/mol. The number of carboxylic acid groups (broad SMARTS) is 1. The molecular weight excluding hydrogens is 793 g/mol. The lowest BCUT2D eigenvalue weighted by molar-refractivity contribution is -0.155. The summed E-state index contributed by atoms with van der Waals surface area (Å²) in [6, 6.07) is 23.9. The summed E-state index contributed by atoms with van der Waals surface area (Å²) in [6.45, 7) is 13.0. The molecular formula is C48H60N4O8S.